The number of hydrogen-bond acceptors (Lipinski definition) is 11. The monoisotopic (exact) mass is 737 g/mol. The van der Waals surface area contributed by atoms with Gasteiger partial charge < -0.3 is 39.1 Å². The van der Waals surface area contributed by atoms with Crippen molar-refractivity contribution in [3.05, 3.63) is 87.0 Å². The SMILES string of the molecule is CNC(=O)OCc1cccnc1N(C)C(=O)OCOc1c2n(cc(C(=O)NCc3ccc(F)cc3F)c1=O)[C@@H]1CN(C2=O)[C@@H](C)CC[C@]12CC(C)=NO2. The van der Waals surface area contributed by atoms with Gasteiger partial charge in [0.15, 0.2) is 11.3 Å². The van der Waals surface area contributed by atoms with E-state index in [-0.39, 0.29) is 42.8 Å². The number of alkyl carbamates (subject to hydrolysis) is 1. The lowest BCUT2D eigenvalue weighted by atomic mass is 9.84. The first-order chi connectivity index (χ1) is 25.3. The Hall–Kier alpha value is -6.07. The fourth-order valence-corrected chi connectivity index (χ4v) is 6.72. The summed E-state index contributed by atoms with van der Waals surface area (Å²) in [5.41, 5.74) is -1.47. The van der Waals surface area contributed by atoms with Crippen LogP contribution in [0.3, 0.4) is 0 Å². The number of carbonyl (C=O) groups is 4. The Morgan fingerprint density at radius 3 is 2.66 bits per heavy atom. The summed E-state index contributed by atoms with van der Waals surface area (Å²) in [5, 5.41) is 9.01. The number of fused-ring (bicyclic) bond motifs is 5. The Labute approximate surface area is 301 Å². The molecule has 3 aliphatic rings. The number of anilines is 1. The van der Waals surface area contributed by atoms with Crippen LogP contribution in [0.4, 0.5) is 24.2 Å². The van der Waals surface area contributed by atoms with E-state index in [0.717, 1.165) is 22.7 Å². The number of nitrogens with zero attached hydrogens (tertiary/aromatic N) is 5. The zero-order valence-electron chi connectivity index (χ0n) is 29.3. The summed E-state index contributed by atoms with van der Waals surface area (Å²) in [6, 6.07) is 5.16. The molecule has 4 amide bonds. The molecule has 2 N–H and O–H groups in total. The number of pyridine rings is 2. The number of hydrogen-bond donors (Lipinski definition) is 2. The smallest absolute Gasteiger partial charge is 0.418 e. The minimum Gasteiger partial charge on any atom is -0.451 e. The lowest BCUT2D eigenvalue weighted by molar-refractivity contribution is -0.0657. The van der Waals surface area contributed by atoms with E-state index in [1.165, 1.54) is 31.1 Å². The number of amides is 4. The van der Waals surface area contributed by atoms with Crippen LogP contribution in [0.15, 0.2) is 52.7 Å². The van der Waals surface area contributed by atoms with Gasteiger partial charge in [-0.15, -0.1) is 0 Å². The third kappa shape index (κ3) is 7.20. The summed E-state index contributed by atoms with van der Waals surface area (Å²) in [6.45, 7) is 2.41. The number of ether oxygens (including phenoxy) is 3. The summed E-state index contributed by atoms with van der Waals surface area (Å²) in [7, 11) is 2.75. The second-order valence-corrected chi connectivity index (χ2v) is 12.9. The van der Waals surface area contributed by atoms with Crippen LogP contribution >= 0.6 is 0 Å². The highest BCUT2D eigenvalue weighted by atomic mass is 19.1. The lowest BCUT2D eigenvalue weighted by Crippen LogP contribution is -2.52. The van der Waals surface area contributed by atoms with Gasteiger partial charge >= 0.3 is 12.2 Å². The fourth-order valence-electron chi connectivity index (χ4n) is 6.72. The number of nitrogens with one attached hydrogen (secondary N) is 2. The maximum atomic E-state index is 14.4. The molecule has 1 saturated heterocycles. The predicted octanol–water partition coefficient (Wildman–Crippen LogP) is 3.63. The van der Waals surface area contributed by atoms with E-state index in [1.54, 1.807) is 17.0 Å². The number of benzene rings is 1. The molecule has 3 atom stereocenters. The van der Waals surface area contributed by atoms with Gasteiger partial charge in [-0.1, -0.05) is 17.3 Å². The Morgan fingerprint density at radius 2 is 1.94 bits per heavy atom. The van der Waals surface area contributed by atoms with Gasteiger partial charge in [0.2, 0.25) is 18.0 Å². The highest BCUT2D eigenvalue weighted by Gasteiger charge is 2.54. The van der Waals surface area contributed by atoms with Gasteiger partial charge in [-0.25, -0.2) is 23.4 Å². The molecule has 3 aliphatic heterocycles. The third-order valence-corrected chi connectivity index (χ3v) is 9.53. The van der Waals surface area contributed by atoms with Crippen LogP contribution < -0.4 is 25.7 Å². The quantitative estimate of drug-likeness (QED) is 0.308. The van der Waals surface area contributed by atoms with E-state index in [2.05, 4.69) is 20.8 Å². The van der Waals surface area contributed by atoms with Crippen LogP contribution in [0.1, 0.15) is 71.1 Å². The summed E-state index contributed by atoms with van der Waals surface area (Å²) in [4.78, 5) is 79.5. The molecule has 5 heterocycles. The third-order valence-electron chi connectivity index (χ3n) is 9.53. The number of carbonyl (C=O) groups excluding carboxylic acids is 4. The van der Waals surface area contributed by atoms with Crippen molar-refractivity contribution < 1.29 is 47.0 Å². The second kappa shape index (κ2) is 14.9. The summed E-state index contributed by atoms with van der Waals surface area (Å²) in [5.74, 6) is -3.62. The summed E-state index contributed by atoms with van der Waals surface area (Å²) in [6.07, 6.45) is 2.49. The Balaban J connectivity index is 1.32. The van der Waals surface area contributed by atoms with Gasteiger partial charge in [0.05, 0.1) is 11.8 Å². The fraction of sp³-hybridized carbons (Fsp3) is 0.400. The summed E-state index contributed by atoms with van der Waals surface area (Å²) < 4.78 is 45.6. The van der Waals surface area contributed by atoms with Crippen LogP contribution in [-0.2, 0) is 27.5 Å². The molecular weight excluding hydrogens is 700 g/mol. The first kappa shape index (κ1) is 36.7. The molecule has 18 heteroatoms. The van der Waals surface area contributed by atoms with Gasteiger partial charge in [-0.3, -0.25) is 19.3 Å². The molecule has 0 aliphatic carbocycles. The largest absolute Gasteiger partial charge is 0.451 e. The molecule has 3 aromatic rings. The topological polar surface area (TPSA) is 183 Å². The molecule has 0 radical (unpaired) electrons. The highest BCUT2D eigenvalue weighted by Crippen LogP contribution is 2.46. The van der Waals surface area contributed by atoms with Gasteiger partial charge in [0.1, 0.15) is 29.6 Å². The van der Waals surface area contributed by atoms with Crippen molar-refractivity contribution in [3.8, 4) is 5.75 Å². The van der Waals surface area contributed by atoms with Crippen molar-refractivity contribution in [2.45, 2.75) is 63.9 Å². The highest BCUT2D eigenvalue weighted by molar-refractivity contribution is 5.99. The van der Waals surface area contributed by atoms with Gasteiger partial charge in [0, 0.05) is 69.2 Å². The summed E-state index contributed by atoms with van der Waals surface area (Å²) >= 11 is 0. The standard InChI is InChI=1S/C35H37F2N7O9/c1-19-13-35(53-41-19)10-9-20(2)43-16-26(35)44-15-24(31(46)40-14-21-7-8-23(36)12-25(21)37)28(45)29(27(44)32(43)47)51-18-52-34(49)42(4)30-22(6-5-11-39-30)17-50-33(48)38-3/h5-8,11-12,15,20,26H,9-10,13-14,16-18H2,1-4H3,(H,38,48)(H,40,46)/t20-,26+,35-/m0/s1. The molecule has 2 bridgehead atoms. The molecular formula is C35H37F2N7O9. The zero-order chi connectivity index (χ0) is 38.0. The van der Waals surface area contributed by atoms with E-state index in [1.807, 2.05) is 13.8 Å². The van der Waals surface area contributed by atoms with Crippen LogP contribution in [0.2, 0.25) is 0 Å². The molecule has 0 saturated carbocycles. The molecule has 1 aromatic carbocycles. The molecule has 53 heavy (non-hydrogen) atoms. The Kier molecular flexibility index (Phi) is 10.3. The van der Waals surface area contributed by atoms with Crippen molar-refractivity contribution in [2.24, 2.45) is 5.16 Å². The molecule has 0 unspecified atom stereocenters. The first-order valence-electron chi connectivity index (χ1n) is 16.7. The average Bonchev–Trinajstić information content (AvgIpc) is 3.48. The van der Waals surface area contributed by atoms with Gasteiger partial charge in [-0.2, -0.15) is 0 Å². The lowest BCUT2D eigenvalue weighted by Gasteiger charge is -2.42. The van der Waals surface area contributed by atoms with E-state index in [9.17, 15) is 32.8 Å². The van der Waals surface area contributed by atoms with Crippen LogP contribution in [-0.4, -0.2) is 83.2 Å². The van der Waals surface area contributed by atoms with Crippen LogP contribution in [0.5, 0.6) is 5.75 Å². The van der Waals surface area contributed by atoms with E-state index in [0.29, 0.717) is 30.9 Å². The second-order valence-electron chi connectivity index (χ2n) is 12.9. The predicted molar refractivity (Wildman–Crippen MR) is 182 cm³/mol. The van der Waals surface area contributed by atoms with E-state index in [4.69, 9.17) is 19.0 Å². The average molecular weight is 738 g/mol. The molecule has 16 nitrogen and oxygen atoms in total. The maximum Gasteiger partial charge on any atom is 0.418 e. The van der Waals surface area contributed by atoms with Crippen LogP contribution in [0, 0.1) is 11.6 Å². The maximum absolute atomic E-state index is 14.4. The van der Waals surface area contributed by atoms with Crippen molar-refractivity contribution >= 4 is 35.5 Å². The Bertz CT molecular complexity index is 2060. The number of aromatic nitrogens is 2. The first-order valence-corrected chi connectivity index (χ1v) is 16.7. The molecule has 1 spiro atoms. The Morgan fingerprint density at radius 1 is 1.15 bits per heavy atom. The molecule has 2 aromatic heterocycles. The zero-order valence-corrected chi connectivity index (χ0v) is 29.3. The van der Waals surface area contributed by atoms with E-state index < -0.39 is 70.8 Å². The van der Waals surface area contributed by atoms with Crippen molar-refractivity contribution in [1.29, 1.82) is 0 Å². The normalized spacial score (nSPS) is 20.1. The van der Waals surface area contributed by atoms with Crippen LogP contribution in [0.25, 0.3) is 0 Å². The van der Waals surface area contributed by atoms with Crippen molar-refractivity contribution in [2.75, 3.05) is 32.3 Å². The van der Waals surface area contributed by atoms with Crippen molar-refractivity contribution in [1.82, 2.24) is 25.1 Å². The molecule has 280 valence electrons. The minimum absolute atomic E-state index is 0.0314. The molecule has 6 rings (SSSR count). The van der Waals surface area contributed by atoms with Crippen molar-refractivity contribution in [3.63, 3.8) is 0 Å². The van der Waals surface area contributed by atoms with Gasteiger partial charge in [0.25, 0.3) is 11.8 Å². The van der Waals surface area contributed by atoms with E-state index >= 15 is 0 Å². The molecule has 1 fully saturated rings. The number of oxime groups is 1. The number of halogens is 2. The van der Waals surface area contributed by atoms with Gasteiger partial charge in [-0.05, 0) is 38.8 Å². The number of rotatable bonds is 9. The minimum atomic E-state index is -0.995.